The summed E-state index contributed by atoms with van der Waals surface area (Å²) in [6, 6.07) is 5.82. The van der Waals surface area contributed by atoms with Crippen LogP contribution in [0.5, 0.6) is 0 Å². The van der Waals surface area contributed by atoms with E-state index in [0.717, 1.165) is 43.6 Å². The molecule has 1 atom stereocenters. The summed E-state index contributed by atoms with van der Waals surface area (Å²) in [6.07, 6.45) is 8.65. The predicted molar refractivity (Wildman–Crippen MR) is 134 cm³/mol. The SMILES string of the molecule is CC1CCCCN1CCCNC(=O)CCc1nc2cc(S(=O)(=O)N3CCCCC3)ccc2n1C. The van der Waals surface area contributed by atoms with Gasteiger partial charge in [0.2, 0.25) is 15.9 Å². The molecule has 2 aliphatic rings. The van der Waals surface area contributed by atoms with Crippen LogP contribution >= 0.6 is 0 Å². The first-order valence-electron chi connectivity index (χ1n) is 12.8. The second-order valence-corrected chi connectivity index (χ2v) is 11.7. The highest BCUT2D eigenvalue weighted by molar-refractivity contribution is 7.89. The van der Waals surface area contributed by atoms with E-state index < -0.39 is 10.0 Å². The largest absolute Gasteiger partial charge is 0.356 e. The third-order valence-electron chi connectivity index (χ3n) is 7.36. The zero-order chi connectivity index (χ0) is 24.1. The Morgan fingerprint density at radius 2 is 1.88 bits per heavy atom. The molecule has 0 spiro atoms. The molecule has 4 rings (SSSR count). The van der Waals surface area contributed by atoms with Gasteiger partial charge in [0.15, 0.2) is 0 Å². The summed E-state index contributed by atoms with van der Waals surface area (Å²) < 4.78 is 29.6. The van der Waals surface area contributed by atoms with Crippen molar-refractivity contribution in [2.75, 3.05) is 32.7 Å². The zero-order valence-electron chi connectivity index (χ0n) is 20.6. The maximum atomic E-state index is 13.0. The molecule has 2 aliphatic heterocycles. The van der Waals surface area contributed by atoms with Crippen LogP contribution in [-0.2, 0) is 28.3 Å². The van der Waals surface area contributed by atoms with Crippen LogP contribution in [0.15, 0.2) is 23.1 Å². The Balaban J connectivity index is 1.30. The first-order valence-corrected chi connectivity index (χ1v) is 14.3. The van der Waals surface area contributed by atoms with E-state index >= 15 is 0 Å². The summed E-state index contributed by atoms with van der Waals surface area (Å²) in [5, 5.41) is 3.04. The summed E-state index contributed by atoms with van der Waals surface area (Å²) in [7, 11) is -1.57. The molecule has 2 saturated heterocycles. The van der Waals surface area contributed by atoms with Gasteiger partial charge >= 0.3 is 0 Å². The highest BCUT2D eigenvalue weighted by Gasteiger charge is 2.26. The number of fused-ring (bicyclic) bond motifs is 1. The lowest BCUT2D eigenvalue weighted by Gasteiger charge is -2.33. The number of nitrogens with one attached hydrogen (secondary N) is 1. The Hall–Kier alpha value is -1.97. The maximum Gasteiger partial charge on any atom is 0.243 e. The number of sulfonamides is 1. The van der Waals surface area contributed by atoms with Crippen molar-refractivity contribution in [2.24, 2.45) is 7.05 Å². The van der Waals surface area contributed by atoms with Gasteiger partial charge in [0.25, 0.3) is 0 Å². The molecule has 1 N–H and O–H groups in total. The number of imidazole rings is 1. The van der Waals surface area contributed by atoms with Crippen LogP contribution < -0.4 is 5.32 Å². The van der Waals surface area contributed by atoms with Crippen molar-refractivity contribution in [3.63, 3.8) is 0 Å². The van der Waals surface area contributed by atoms with E-state index in [-0.39, 0.29) is 5.91 Å². The van der Waals surface area contributed by atoms with Gasteiger partial charge in [-0.15, -0.1) is 0 Å². The molecular formula is C25H39N5O3S. The van der Waals surface area contributed by atoms with Crippen LogP contribution in [0.25, 0.3) is 11.0 Å². The third-order valence-corrected chi connectivity index (χ3v) is 9.25. The van der Waals surface area contributed by atoms with Crippen molar-refractivity contribution < 1.29 is 13.2 Å². The van der Waals surface area contributed by atoms with Crippen LogP contribution in [0.2, 0.25) is 0 Å². The Kier molecular flexibility index (Phi) is 8.26. The van der Waals surface area contributed by atoms with Crippen molar-refractivity contribution in [2.45, 2.75) is 75.6 Å². The monoisotopic (exact) mass is 489 g/mol. The fourth-order valence-electron chi connectivity index (χ4n) is 5.18. The minimum Gasteiger partial charge on any atom is -0.356 e. The number of hydrogen-bond acceptors (Lipinski definition) is 5. The van der Waals surface area contributed by atoms with Gasteiger partial charge in [0.1, 0.15) is 5.82 Å². The second-order valence-electron chi connectivity index (χ2n) is 9.79. The molecule has 1 amide bonds. The first kappa shape index (κ1) is 25.1. The molecule has 3 heterocycles. The van der Waals surface area contributed by atoms with Crippen LogP contribution in [0.3, 0.4) is 0 Å². The molecular weight excluding hydrogens is 450 g/mol. The lowest BCUT2D eigenvalue weighted by Crippen LogP contribution is -2.39. The van der Waals surface area contributed by atoms with E-state index in [0.29, 0.717) is 48.9 Å². The van der Waals surface area contributed by atoms with Crippen molar-refractivity contribution in [3.8, 4) is 0 Å². The molecule has 1 aromatic carbocycles. The van der Waals surface area contributed by atoms with Crippen LogP contribution in [0.4, 0.5) is 0 Å². The van der Waals surface area contributed by atoms with E-state index in [1.54, 1.807) is 16.4 Å². The Labute approximate surface area is 203 Å². The Morgan fingerprint density at radius 1 is 1.12 bits per heavy atom. The smallest absolute Gasteiger partial charge is 0.243 e. The van der Waals surface area contributed by atoms with E-state index in [1.165, 1.54) is 25.8 Å². The minimum absolute atomic E-state index is 0.0344. The molecule has 2 fully saturated rings. The number of amides is 1. The second kappa shape index (κ2) is 11.2. The number of likely N-dealkylation sites (tertiary alicyclic amines) is 1. The number of rotatable bonds is 9. The number of carbonyl (C=O) groups is 1. The Bertz CT molecular complexity index is 1090. The van der Waals surface area contributed by atoms with E-state index in [1.807, 2.05) is 17.7 Å². The van der Waals surface area contributed by atoms with E-state index in [2.05, 4.69) is 22.1 Å². The molecule has 1 aromatic heterocycles. The molecule has 0 saturated carbocycles. The van der Waals surface area contributed by atoms with Crippen molar-refractivity contribution in [1.82, 2.24) is 24.1 Å². The number of benzene rings is 1. The molecule has 9 heteroatoms. The van der Waals surface area contributed by atoms with Gasteiger partial charge in [-0.1, -0.05) is 12.8 Å². The quantitative estimate of drug-likeness (QED) is 0.547. The van der Waals surface area contributed by atoms with E-state index in [4.69, 9.17) is 0 Å². The van der Waals surface area contributed by atoms with Gasteiger partial charge in [-0.3, -0.25) is 4.79 Å². The van der Waals surface area contributed by atoms with Gasteiger partial charge in [0.05, 0.1) is 15.9 Å². The highest BCUT2D eigenvalue weighted by Crippen LogP contribution is 2.25. The van der Waals surface area contributed by atoms with Gasteiger partial charge in [-0.2, -0.15) is 4.31 Å². The van der Waals surface area contributed by atoms with Crippen LogP contribution in [-0.4, -0.2) is 71.8 Å². The van der Waals surface area contributed by atoms with Gasteiger partial charge in [-0.05, 0) is 63.8 Å². The van der Waals surface area contributed by atoms with Gasteiger partial charge in [0, 0.05) is 52.1 Å². The fraction of sp³-hybridized carbons (Fsp3) is 0.680. The number of piperidine rings is 2. The summed E-state index contributed by atoms with van der Waals surface area (Å²) in [4.78, 5) is 19.9. The summed E-state index contributed by atoms with van der Waals surface area (Å²) in [6.45, 7) is 6.36. The molecule has 1 unspecified atom stereocenters. The average Bonchev–Trinajstić information content (AvgIpc) is 3.17. The molecule has 2 aromatic rings. The lowest BCUT2D eigenvalue weighted by atomic mass is 10.0. The molecule has 0 radical (unpaired) electrons. The zero-order valence-corrected chi connectivity index (χ0v) is 21.4. The number of aromatic nitrogens is 2. The Morgan fingerprint density at radius 3 is 2.65 bits per heavy atom. The normalized spacial score (nSPS) is 20.6. The number of aryl methyl sites for hydroxylation is 2. The first-order chi connectivity index (χ1) is 16.4. The fourth-order valence-corrected chi connectivity index (χ4v) is 6.72. The topological polar surface area (TPSA) is 87.5 Å². The van der Waals surface area contributed by atoms with Gasteiger partial charge in [-0.25, -0.2) is 13.4 Å². The number of hydrogen-bond donors (Lipinski definition) is 1. The highest BCUT2D eigenvalue weighted by atomic mass is 32.2. The maximum absolute atomic E-state index is 13.0. The third kappa shape index (κ3) is 5.80. The molecule has 8 nitrogen and oxygen atoms in total. The number of carbonyl (C=O) groups excluding carboxylic acids is 1. The summed E-state index contributed by atoms with van der Waals surface area (Å²) in [5.41, 5.74) is 1.54. The predicted octanol–water partition coefficient (Wildman–Crippen LogP) is 3.06. The van der Waals surface area contributed by atoms with E-state index in [9.17, 15) is 13.2 Å². The standard InChI is InChI=1S/C25H39N5O3S/c1-20-9-4-7-15-29(20)16-8-14-26-25(31)13-12-24-27-22-19-21(10-11-23(22)28(24)2)34(32,33)30-17-5-3-6-18-30/h10-11,19-20H,3-9,12-18H2,1-2H3,(H,26,31). The van der Waals surface area contributed by atoms with Crippen molar-refractivity contribution >= 4 is 27.0 Å². The molecule has 188 valence electrons. The average molecular weight is 490 g/mol. The summed E-state index contributed by atoms with van der Waals surface area (Å²) in [5.74, 6) is 0.826. The molecule has 0 aliphatic carbocycles. The minimum atomic E-state index is -3.49. The molecule has 34 heavy (non-hydrogen) atoms. The molecule has 0 bridgehead atoms. The summed E-state index contributed by atoms with van der Waals surface area (Å²) >= 11 is 0. The van der Waals surface area contributed by atoms with Crippen molar-refractivity contribution in [1.29, 1.82) is 0 Å². The van der Waals surface area contributed by atoms with Crippen molar-refractivity contribution in [3.05, 3.63) is 24.0 Å². The van der Waals surface area contributed by atoms with Crippen LogP contribution in [0, 0.1) is 0 Å². The number of nitrogens with zero attached hydrogens (tertiary/aromatic N) is 4. The van der Waals surface area contributed by atoms with Crippen LogP contribution in [0.1, 0.15) is 64.1 Å². The van der Waals surface area contributed by atoms with Gasteiger partial charge < -0.3 is 14.8 Å². The lowest BCUT2D eigenvalue weighted by molar-refractivity contribution is -0.121.